The van der Waals surface area contributed by atoms with Crippen LogP contribution in [-0.4, -0.2) is 30.4 Å². The van der Waals surface area contributed by atoms with Crippen molar-refractivity contribution in [2.75, 3.05) is 5.32 Å². The van der Waals surface area contributed by atoms with Crippen LogP contribution in [0.25, 0.3) is 11.4 Å². The molecule has 1 N–H and O–H groups in total. The Morgan fingerprint density at radius 1 is 1.03 bits per heavy atom. The average molecular weight is 460 g/mol. The normalized spacial score (nSPS) is 18.6. The second-order valence-corrected chi connectivity index (χ2v) is 9.18. The van der Waals surface area contributed by atoms with E-state index >= 15 is 0 Å². The standard InChI is InChI=1S/C23H20N6O5/c1-23(2)11-16-19(18(30)12-23)20(15-5-3-4-6-17(15)29(33)34)27-22(24-16)25-21(26-27)13-7-9-14(10-8-13)28(31)32/h3-10,20H,11-12H2,1-2H3,(H,24,25,26). The van der Waals surface area contributed by atoms with Crippen LogP contribution in [0.15, 0.2) is 59.8 Å². The van der Waals surface area contributed by atoms with Crippen LogP contribution in [0, 0.1) is 25.6 Å². The Balaban J connectivity index is 1.69. The molecule has 3 aromatic rings. The number of aromatic nitrogens is 3. The zero-order valence-corrected chi connectivity index (χ0v) is 18.4. The molecule has 5 rings (SSSR count). The van der Waals surface area contributed by atoms with E-state index in [0.717, 1.165) is 0 Å². The van der Waals surface area contributed by atoms with Crippen LogP contribution in [0.4, 0.5) is 17.3 Å². The third-order valence-corrected chi connectivity index (χ3v) is 6.10. The van der Waals surface area contributed by atoms with Crippen LogP contribution in [0.5, 0.6) is 0 Å². The van der Waals surface area contributed by atoms with Gasteiger partial charge in [-0.3, -0.25) is 25.0 Å². The first-order valence-electron chi connectivity index (χ1n) is 10.6. The van der Waals surface area contributed by atoms with Crippen molar-refractivity contribution in [2.24, 2.45) is 5.41 Å². The van der Waals surface area contributed by atoms with Gasteiger partial charge >= 0.3 is 0 Å². The molecule has 2 heterocycles. The average Bonchev–Trinajstić information content (AvgIpc) is 3.20. The molecule has 1 aliphatic carbocycles. The molecule has 11 heteroatoms. The summed E-state index contributed by atoms with van der Waals surface area (Å²) in [5, 5.41) is 30.6. The maximum atomic E-state index is 13.3. The fraction of sp³-hybridized carbons (Fsp3) is 0.261. The van der Waals surface area contributed by atoms with Crippen molar-refractivity contribution in [3.05, 3.63) is 85.6 Å². The molecule has 2 aromatic carbocycles. The number of hydrogen-bond acceptors (Lipinski definition) is 8. The topological polar surface area (TPSA) is 146 Å². The number of nitrogens with zero attached hydrogens (tertiary/aromatic N) is 5. The summed E-state index contributed by atoms with van der Waals surface area (Å²) < 4.78 is 1.49. The van der Waals surface area contributed by atoms with Crippen molar-refractivity contribution in [1.29, 1.82) is 0 Å². The fourth-order valence-corrected chi connectivity index (χ4v) is 4.64. The van der Waals surface area contributed by atoms with Gasteiger partial charge in [0.1, 0.15) is 6.04 Å². The summed E-state index contributed by atoms with van der Waals surface area (Å²) in [5.74, 6) is 0.535. The van der Waals surface area contributed by atoms with E-state index in [0.29, 0.717) is 41.2 Å². The first kappa shape index (κ1) is 21.4. The molecule has 2 aliphatic rings. The van der Waals surface area contributed by atoms with Crippen LogP contribution < -0.4 is 5.32 Å². The molecule has 0 radical (unpaired) electrons. The highest BCUT2D eigenvalue weighted by Gasteiger charge is 2.43. The second kappa shape index (κ2) is 7.58. The van der Waals surface area contributed by atoms with Gasteiger partial charge in [-0.25, -0.2) is 4.68 Å². The number of hydrogen-bond donors (Lipinski definition) is 1. The van der Waals surface area contributed by atoms with Gasteiger partial charge in [-0.05, 0) is 30.0 Å². The number of nitrogens with one attached hydrogen (secondary N) is 1. The highest BCUT2D eigenvalue weighted by Crippen LogP contribution is 2.47. The number of fused-ring (bicyclic) bond motifs is 1. The van der Waals surface area contributed by atoms with E-state index in [-0.39, 0.29) is 28.4 Å². The number of rotatable bonds is 4. The third kappa shape index (κ3) is 3.51. The number of anilines is 1. The van der Waals surface area contributed by atoms with Crippen LogP contribution in [0.3, 0.4) is 0 Å². The van der Waals surface area contributed by atoms with E-state index in [4.69, 9.17) is 0 Å². The van der Waals surface area contributed by atoms with Crippen molar-refractivity contribution in [3.8, 4) is 11.4 Å². The summed E-state index contributed by atoms with van der Waals surface area (Å²) in [6.45, 7) is 4.00. The molecule has 172 valence electrons. The van der Waals surface area contributed by atoms with Crippen LogP contribution in [0.2, 0.25) is 0 Å². The van der Waals surface area contributed by atoms with Gasteiger partial charge in [-0.2, -0.15) is 4.98 Å². The predicted molar refractivity (Wildman–Crippen MR) is 122 cm³/mol. The summed E-state index contributed by atoms with van der Waals surface area (Å²) >= 11 is 0. The molecule has 0 bridgehead atoms. The maximum Gasteiger partial charge on any atom is 0.275 e. The molecule has 1 aliphatic heterocycles. The molecule has 0 fully saturated rings. The van der Waals surface area contributed by atoms with E-state index in [2.05, 4.69) is 15.4 Å². The first-order valence-corrected chi connectivity index (χ1v) is 10.6. The Kier molecular flexibility index (Phi) is 4.78. The van der Waals surface area contributed by atoms with Gasteiger partial charge < -0.3 is 5.32 Å². The number of carbonyl (C=O) groups is 1. The lowest BCUT2D eigenvalue weighted by atomic mass is 9.73. The SMILES string of the molecule is CC1(C)CC(=O)C2=C(C1)Nc1nc(-c3ccc([N+](=O)[O-])cc3)nn1C2c1ccccc1[N+](=O)[O-]. The number of carbonyl (C=O) groups excluding carboxylic acids is 1. The zero-order chi connectivity index (χ0) is 24.2. The third-order valence-electron chi connectivity index (χ3n) is 6.10. The molecule has 0 saturated heterocycles. The zero-order valence-electron chi connectivity index (χ0n) is 18.4. The van der Waals surface area contributed by atoms with Crippen molar-refractivity contribution in [2.45, 2.75) is 32.7 Å². The maximum absolute atomic E-state index is 13.3. The van der Waals surface area contributed by atoms with Gasteiger partial charge in [-0.1, -0.05) is 26.0 Å². The molecular weight excluding hydrogens is 440 g/mol. The van der Waals surface area contributed by atoms with Crippen molar-refractivity contribution >= 4 is 23.1 Å². The number of para-hydroxylation sites is 1. The summed E-state index contributed by atoms with van der Waals surface area (Å²) in [6, 6.07) is 11.3. The number of ketones is 1. The Morgan fingerprint density at radius 2 is 1.74 bits per heavy atom. The van der Waals surface area contributed by atoms with Crippen LogP contribution >= 0.6 is 0 Å². The lowest BCUT2D eigenvalue weighted by Crippen LogP contribution is -2.36. The Bertz CT molecular complexity index is 1390. The van der Waals surface area contributed by atoms with Crippen molar-refractivity contribution in [3.63, 3.8) is 0 Å². The number of non-ortho nitro benzene ring substituents is 1. The van der Waals surface area contributed by atoms with Gasteiger partial charge in [0.25, 0.3) is 11.4 Å². The predicted octanol–water partition coefficient (Wildman–Crippen LogP) is 4.42. The summed E-state index contributed by atoms with van der Waals surface area (Å²) in [4.78, 5) is 39.7. The van der Waals surface area contributed by atoms with Gasteiger partial charge in [0.15, 0.2) is 11.6 Å². The van der Waals surface area contributed by atoms with E-state index in [1.807, 2.05) is 13.8 Å². The molecule has 0 spiro atoms. The minimum Gasteiger partial charge on any atom is -0.328 e. The molecular formula is C23H20N6O5. The first-order chi connectivity index (χ1) is 16.1. The molecule has 0 saturated carbocycles. The lowest BCUT2D eigenvalue weighted by Gasteiger charge is -2.38. The minimum absolute atomic E-state index is 0.0615. The van der Waals surface area contributed by atoms with Gasteiger partial charge in [-0.15, -0.1) is 5.10 Å². The quantitative estimate of drug-likeness (QED) is 0.445. The highest BCUT2D eigenvalue weighted by molar-refractivity contribution is 6.00. The number of nitro benzene ring substituents is 2. The van der Waals surface area contributed by atoms with E-state index in [1.54, 1.807) is 30.3 Å². The number of nitro groups is 2. The Labute approximate surface area is 193 Å². The van der Waals surface area contributed by atoms with Gasteiger partial charge in [0, 0.05) is 41.5 Å². The molecule has 34 heavy (non-hydrogen) atoms. The molecule has 1 unspecified atom stereocenters. The summed E-state index contributed by atoms with van der Waals surface area (Å²) in [7, 11) is 0. The highest BCUT2D eigenvalue weighted by atomic mass is 16.6. The number of benzene rings is 2. The second-order valence-electron chi connectivity index (χ2n) is 9.18. The van der Waals surface area contributed by atoms with Crippen molar-refractivity contribution < 1.29 is 14.6 Å². The largest absolute Gasteiger partial charge is 0.328 e. The number of Topliss-reactive ketones (excluding diaryl/α,β-unsaturated/α-hetero) is 1. The van der Waals surface area contributed by atoms with Gasteiger partial charge in [0.05, 0.1) is 15.4 Å². The molecule has 0 amide bonds. The number of allylic oxidation sites excluding steroid dienone is 2. The van der Waals surface area contributed by atoms with Crippen LogP contribution in [0.1, 0.15) is 38.3 Å². The lowest BCUT2D eigenvalue weighted by molar-refractivity contribution is -0.385. The minimum atomic E-state index is -0.823. The van der Waals surface area contributed by atoms with Gasteiger partial charge in [0.2, 0.25) is 5.95 Å². The Hall–Kier alpha value is -4.41. The molecule has 1 aromatic heterocycles. The molecule has 1 atom stereocenters. The summed E-state index contributed by atoms with van der Waals surface area (Å²) in [6.07, 6.45) is 0.884. The van der Waals surface area contributed by atoms with Crippen molar-refractivity contribution in [1.82, 2.24) is 14.8 Å². The smallest absolute Gasteiger partial charge is 0.275 e. The Morgan fingerprint density at radius 3 is 2.41 bits per heavy atom. The van der Waals surface area contributed by atoms with Crippen LogP contribution in [-0.2, 0) is 4.79 Å². The van der Waals surface area contributed by atoms with E-state index < -0.39 is 15.9 Å². The van der Waals surface area contributed by atoms with E-state index in [9.17, 15) is 25.0 Å². The fourth-order valence-electron chi connectivity index (χ4n) is 4.64. The van der Waals surface area contributed by atoms with E-state index in [1.165, 1.54) is 22.9 Å². The molecule has 11 nitrogen and oxygen atoms in total. The summed E-state index contributed by atoms with van der Waals surface area (Å²) in [5.41, 5.74) is 1.56. The monoisotopic (exact) mass is 460 g/mol.